The van der Waals surface area contributed by atoms with Crippen molar-refractivity contribution in [2.24, 2.45) is 0 Å². The van der Waals surface area contributed by atoms with Gasteiger partial charge in [-0.25, -0.2) is 0 Å². The Morgan fingerprint density at radius 1 is 1.06 bits per heavy atom. The lowest BCUT2D eigenvalue weighted by molar-refractivity contribution is -0.133. The van der Waals surface area contributed by atoms with Crippen LogP contribution in [0.1, 0.15) is 56.5 Å². The number of carbonyl (C=O) groups is 2. The molecule has 1 fully saturated rings. The van der Waals surface area contributed by atoms with Crippen LogP contribution in [0.3, 0.4) is 0 Å². The molecule has 3 rings (SSSR count). The molecule has 1 aliphatic rings. The molecule has 1 atom stereocenters. The zero-order chi connectivity index (χ0) is 24.9. The van der Waals surface area contributed by atoms with Crippen LogP contribution in [-0.2, 0) is 21.4 Å². The number of rotatable bonds is 9. The third-order valence-corrected chi connectivity index (χ3v) is 6.41. The summed E-state index contributed by atoms with van der Waals surface area (Å²) >= 11 is 0. The summed E-state index contributed by atoms with van der Waals surface area (Å²) in [7, 11) is 5.66. The highest BCUT2D eigenvalue weighted by Gasteiger charge is 2.40. The predicted molar refractivity (Wildman–Crippen MR) is 136 cm³/mol. The van der Waals surface area contributed by atoms with Crippen molar-refractivity contribution in [2.45, 2.75) is 51.6 Å². The van der Waals surface area contributed by atoms with E-state index in [4.69, 9.17) is 4.74 Å². The van der Waals surface area contributed by atoms with Crippen LogP contribution in [-0.4, -0.2) is 67.4 Å². The summed E-state index contributed by atoms with van der Waals surface area (Å²) in [5.74, 6) is 0.846. The smallest absolute Gasteiger partial charge is 0.244 e. The average Bonchev–Trinajstić information content (AvgIpc) is 3.13. The number of methoxy groups -OCH3 is 1. The molecule has 0 bridgehead atoms. The van der Waals surface area contributed by atoms with Gasteiger partial charge >= 0.3 is 0 Å². The lowest BCUT2D eigenvalue weighted by Crippen LogP contribution is -2.36. The third kappa shape index (κ3) is 6.38. The monoisotopic (exact) mass is 465 g/mol. The SMILES string of the molecule is COc1ccc(CCN2C(=O)CN(C(=O)CCCN(C)C)C2c2ccc(C(C)(C)C)cc2)cc1. The molecule has 6 heteroatoms. The van der Waals surface area contributed by atoms with Crippen LogP contribution >= 0.6 is 0 Å². The zero-order valence-electron chi connectivity index (χ0n) is 21.5. The maximum absolute atomic E-state index is 13.2. The molecule has 0 saturated carbocycles. The van der Waals surface area contributed by atoms with Crippen molar-refractivity contribution in [3.8, 4) is 5.75 Å². The van der Waals surface area contributed by atoms with Gasteiger partial charge in [-0.2, -0.15) is 0 Å². The molecule has 0 spiro atoms. The molecule has 0 N–H and O–H groups in total. The number of carbonyl (C=O) groups excluding carboxylic acids is 2. The van der Waals surface area contributed by atoms with Crippen molar-refractivity contribution < 1.29 is 14.3 Å². The number of ether oxygens (including phenoxy) is 1. The fourth-order valence-corrected chi connectivity index (χ4v) is 4.35. The van der Waals surface area contributed by atoms with Crippen LogP contribution in [0.25, 0.3) is 0 Å². The summed E-state index contributed by atoms with van der Waals surface area (Å²) in [6.07, 6.45) is 1.56. The van der Waals surface area contributed by atoms with E-state index in [1.165, 1.54) is 5.56 Å². The highest BCUT2D eigenvalue weighted by atomic mass is 16.5. The Morgan fingerprint density at radius 3 is 2.26 bits per heavy atom. The van der Waals surface area contributed by atoms with Gasteiger partial charge in [0.25, 0.3) is 0 Å². The Hall–Kier alpha value is -2.86. The number of benzene rings is 2. The van der Waals surface area contributed by atoms with Gasteiger partial charge in [0.05, 0.1) is 7.11 Å². The molecule has 0 aliphatic carbocycles. The molecule has 34 heavy (non-hydrogen) atoms. The molecule has 0 radical (unpaired) electrons. The van der Waals surface area contributed by atoms with E-state index in [0.29, 0.717) is 13.0 Å². The van der Waals surface area contributed by atoms with Crippen LogP contribution in [0.2, 0.25) is 0 Å². The normalized spacial score (nSPS) is 16.4. The van der Waals surface area contributed by atoms with Gasteiger partial charge in [0, 0.05) is 13.0 Å². The largest absolute Gasteiger partial charge is 0.497 e. The van der Waals surface area contributed by atoms with Crippen molar-refractivity contribution in [1.82, 2.24) is 14.7 Å². The van der Waals surface area contributed by atoms with Gasteiger partial charge < -0.3 is 19.4 Å². The highest BCUT2D eigenvalue weighted by molar-refractivity contribution is 5.88. The minimum absolute atomic E-state index is 0.000584. The molecular formula is C28H39N3O3. The third-order valence-electron chi connectivity index (χ3n) is 6.41. The predicted octanol–water partition coefficient (Wildman–Crippen LogP) is 4.25. The molecule has 1 unspecified atom stereocenters. The van der Waals surface area contributed by atoms with Crippen molar-refractivity contribution in [3.63, 3.8) is 0 Å². The molecule has 1 aliphatic heterocycles. The number of amides is 2. The number of hydrogen-bond acceptors (Lipinski definition) is 4. The van der Waals surface area contributed by atoms with Crippen LogP contribution < -0.4 is 4.74 Å². The van der Waals surface area contributed by atoms with E-state index in [1.807, 2.05) is 43.3 Å². The molecule has 1 heterocycles. The second kappa shape index (κ2) is 11.0. The van der Waals surface area contributed by atoms with Gasteiger partial charge in [-0.1, -0.05) is 57.2 Å². The first-order valence-electron chi connectivity index (χ1n) is 12.1. The molecule has 2 aromatic carbocycles. The minimum atomic E-state index is -0.369. The summed E-state index contributed by atoms with van der Waals surface area (Å²) in [6.45, 7) is 8.08. The Balaban J connectivity index is 1.83. The van der Waals surface area contributed by atoms with E-state index >= 15 is 0 Å². The van der Waals surface area contributed by atoms with Crippen molar-refractivity contribution >= 4 is 11.8 Å². The average molecular weight is 466 g/mol. The molecular weight excluding hydrogens is 426 g/mol. The Morgan fingerprint density at radius 2 is 1.71 bits per heavy atom. The van der Waals surface area contributed by atoms with Crippen LogP contribution in [0, 0.1) is 0 Å². The summed E-state index contributed by atoms with van der Waals surface area (Å²) < 4.78 is 5.25. The molecule has 2 aromatic rings. The van der Waals surface area contributed by atoms with Crippen molar-refractivity contribution in [3.05, 3.63) is 65.2 Å². The zero-order valence-corrected chi connectivity index (χ0v) is 21.5. The quantitative estimate of drug-likeness (QED) is 0.556. The van der Waals surface area contributed by atoms with E-state index in [9.17, 15) is 9.59 Å². The van der Waals surface area contributed by atoms with E-state index < -0.39 is 0 Å². The summed E-state index contributed by atoms with van der Waals surface area (Å²) in [5, 5.41) is 0. The topological polar surface area (TPSA) is 53.1 Å². The Kier molecular flexibility index (Phi) is 8.37. The van der Waals surface area contributed by atoms with E-state index in [-0.39, 0.29) is 29.9 Å². The van der Waals surface area contributed by atoms with E-state index in [2.05, 4.69) is 49.9 Å². The van der Waals surface area contributed by atoms with Crippen molar-refractivity contribution in [1.29, 1.82) is 0 Å². The summed E-state index contributed by atoms with van der Waals surface area (Å²) in [6, 6.07) is 16.3. The lowest BCUT2D eigenvalue weighted by atomic mass is 9.86. The van der Waals surface area contributed by atoms with Gasteiger partial charge in [0.1, 0.15) is 18.5 Å². The maximum Gasteiger partial charge on any atom is 0.244 e. The van der Waals surface area contributed by atoms with Gasteiger partial charge in [-0.05, 0) is 67.7 Å². The van der Waals surface area contributed by atoms with Gasteiger partial charge in [0.15, 0.2) is 0 Å². The van der Waals surface area contributed by atoms with E-state index in [1.54, 1.807) is 12.0 Å². The molecule has 6 nitrogen and oxygen atoms in total. The van der Waals surface area contributed by atoms with Gasteiger partial charge in [0.2, 0.25) is 11.8 Å². The van der Waals surface area contributed by atoms with Gasteiger partial charge in [-0.3, -0.25) is 9.59 Å². The summed E-state index contributed by atoms with van der Waals surface area (Å²) in [5.41, 5.74) is 3.38. The first-order chi connectivity index (χ1) is 16.1. The number of nitrogens with zero attached hydrogens (tertiary/aromatic N) is 3. The van der Waals surface area contributed by atoms with E-state index in [0.717, 1.165) is 36.3 Å². The fourth-order valence-electron chi connectivity index (χ4n) is 4.35. The van der Waals surface area contributed by atoms with Crippen molar-refractivity contribution in [2.75, 3.05) is 40.8 Å². The standard InChI is InChI=1S/C28H39N3O3/c1-28(2,3)23-13-11-22(12-14-23)27-30(19-17-21-9-15-24(34-6)16-10-21)26(33)20-31(27)25(32)8-7-18-29(4)5/h9-16,27H,7-8,17-20H2,1-6H3. The minimum Gasteiger partial charge on any atom is -0.497 e. The molecule has 0 aromatic heterocycles. The second-order valence-corrected chi connectivity index (χ2v) is 10.4. The molecule has 2 amide bonds. The Bertz CT molecular complexity index is 962. The maximum atomic E-state index is 13.2. The fraction of sp³-hybridized carbons (Fsp3) is 0.500. The lowest BCUT2D eigenvalue weighted by Gasteiger charge is -2.31. The highest BCUT2D eigenvalue weighted by Crippen LogP contribution is 2.33. The second-order valence-electron chi connectivity index (χ2n) is 10.4. The van der Waals surface area contributed by atoms with Crippen LogP contribution in [0.5, 0.6) is 5.75 Å². The first-order valence-corrected chi connectivity index (χ1v) is 12.1. The Labute approximate surface area is 204 Å². The van der Waals surface area contributed by atoms with Gasteiger partial charge in [-0.15, -0.1) is 0 Å². The first kappa shape index (κ1) is 25.8. The number of hydrogen-bond donors (Lipinski definition) is 0. The molecule has 1 saturated heterocycles. The summed E-state index contributed by atoms with van der Waals surface area (Å²) in [4.78, 5) is 32.0. The van der Waals surface area contributed by atoms with Crippen LogP contribution in [0.15, 0.2) is 48.5 Å². The molecule has 184 valence electrons. The van der Waals surface area contributed by atoms with Crippen LogP contribution in [0.4, 0.5) is 0 Å².